The van der Waals surface area contributed by atoms with Crippen LogP contribution in [0.2, 0.25) is 0 Å². The quantitative estimate of drug-likeness (QED) is 0.659. The first-order valence-corrected chi connectivity index (χ1v) is 10.5. The van der Waals surface area contributed by atoms with Gasteiger partial charge in [0.25, 0.3) is 0 Å². The minimum atomic E-state index is -0.824. The summed E-state index contributed by atoms with van der Waals surface area (Å²) in [5.41, 5.74) is 2.42. The van der Waals surface area contributed by atoms with Crippen LogP contribution in [0.5, 0.6) is 0 Å². The first kappa shape index (κ1) is 20.9. The summed E-state index contributed by atoms with van der Waals surface area (Å²) in [6.07, 6.45) is 1.56. The summed E-state index contributed by atoms with van der Waals surface area (Å²) in [7, 11) is 0. The second-order valence-electron chi connectivity index (χ2n) is 8.02. The highest BCUT2D eigenvalue weighted by Crippen LogP contribution is 2.25. The summed E-state index contributed by atoms with van der Waals surface area (Å²) in [6.45, 7) is 6.68. The fourth-order valence-electron chi connectivity index (χ4n) is 4.03. The van der Waals surface area contributed by atoms with Crippen LogP contribution in [0.4, 0.5) is 5.69 Å². The van der Waals surface area contributed by atoms with Crippen molar-refractivity contribution in [2.45, 2.75) is 25.9 Å². The molecule has 0 saturated carbocycles. The number of aliphatic carboxylic acids is 1. The van der Waals surface area contributed by atoms with Gasteiger partial charge in [0.05, 0.1) is 5.69 Å². The molecule has 1 atom stereocenters. The molecule has 162 valence electrons. The van der Waals surface area contributed by atoms with E-state index in [4.69, 9.17) is 0 Å². The number of benzene rings is 2. The van der Waals surface area contributed by atoms with Gasteiger partial charge in [-0.25, -0.2) is 4.79 Å². The predicted molar refractivity (Wildman–Crippen MR) is 119 cm³/mol. The lowest BCUT2D eigenvalue weighted by atomic mass is 10.0. The van der Waals surface area contributed by atoms with Gasteiger partial charge in [-0.1, -0.05) is 30.3 Å². The summed E-state index contributed by atoms with van der Waals surface area (Å²) in [6, 6.07) is 16.6. The molecule has 4 rings (SSSR count). The number of anilines is 1. The third-order valence-corrected chi connectivity index (χ3v) is 5.74. The number of nitrogens with zero attached hydrogens (tertiary/aromatic N) is 5. The van der Waals surface area contributed by atoms with Crippen molar-refractivity contribution in [1.82, 2.24) is 19.2 Å². The van der Waals surface area contributed by atoms with Crippen LogP contribution >= 0.6 is 0 Å². The van der Waals surface area contributed by atoms with Crippen molar-refractivity contribution in [1.29, 1.82) is 0 Å². The first-order chi connectivity index (χ1) is 15.0. The summed E-state index contributed by atoms with van der Waals surface area (Å²) in [5, 5.41) is 14.0. The van der Waals surface area contributed by atoms with Gasteiger partial charge in [-0.15, -0.1) is 0 Å². The largest absolute Gasteiger partial charge is 0.480 e. The highest BCUT2D eigenvalue weighted by atomic mass is 16.4. The lowest BCUT2D eigenvalue weighted by Crippen LogP contribution is -2.49. The Morgan fingerprint density at radius 2 is 1.55 bits per heavy atom. The van der Waals surface area contributed by atoms with Crippen LogP contribution in [-0.4, -0.2) is 56.5 Å². The van der Waals surface area contributed by atoms with E-state index in [1.54, 1.807) is 10.9 Å². The Morgan fingerprint density at radius 3 is 2.10 bits per heavy atom. The minimum absolute atomic E-state index is 0.0577. The normalized spacial score (nSPS) is 15.9. The highest BCUT2D eigenvalue weighted by Gasteiger charge is 2.30. The molecular formula is C23H27N5O3. The average molecular weight is 422 g/mol. The molecule has 2 heterocycles. The van der Waals surface area contributed by atoms with Crippen molar-refractivity contribution in [2.24, 2.45) is 0 Å². The third-order valence-electron chi connectivity index (χ3n) is 5.74. The molecular weight excluding hydrogens is 394 g/mol. The van der Waals surface area contributed by atoms with Crippen LogP contribution in [0.15, 0.2) is 65.7 Å². The van der Waals surface area contributed by atoms with Crippen molar-refractivity contribution in [2.75, 3.05) is 31.1 Å². The van der Waals surface area contributed by atoms with Crippen molar-refractivity contribution in [3.63, 3.8) is 0 Å². The molecule has 1 aromatic heterocycles. The van der Waals surface area contributed by atoms with Gasteiger partial charge in [0.15, 0.2) is 0 Å². The van der Waals surface area contributed by atoms with Crippen LogP contribution < -0.4 is 10.6 Å². The van der Waals surface area contributed by atoms with Gasteiger partial charge < -0.3 is 10.0 Å². The second kappa shape index (κ2) is 8.77. The SMILES string of the molecule is CC(C)n1cnn(-c2ccc(N3CCN(C(C(=O)O)c4ccccc4)CC3)cc2)c1=O. The lowest BCUT2D eigenvalue weighted by molar-refractivity contribution is -0.143. The van der Waals surface area contributed by atoms with E-state index in [1.807, 2.05) is 73.3 Å². The monoisotopic (exact) mass is 421 g/mol. The standard InChI is InChI=1S/C23H27N5O3/c1-17(2)27-16-24-28(23(27)31)20-10-8-19(9-11-20)25-12-14-26(15-13-25)21(22(29)30)18-6-4-3-5-7-18/h3-11,16-17,21H,12-15H2,1-2H3,(H,29,30). The second-order valence-corrected chi connectivity index (χ2v) is 8.02. The van der Waals surface area contributed by atoms with Gasteiger partial charge in [-0.05, 0) is 43.7 Å². The van der Waals surface area contributed by atoms with Gasteiger partial charge in [0, 0.05) is 37.9 Å². The van der Waals surface area contributed by atoms with Crippen molar-refractivity contribution >= 4 is 11.7 Å². The molecule has 8 nitrogen and oxygen atoms in total. The summed E-state index contributed by atoms with van der Waals surface area (Å²) in [5.74, 6) is -0.824. The first-order valence-electron chi connectivity index (χ1n) is 10.5. The van der Waals surface area contributed by atoms with Gasteiger partial charge in [-0.2, -0.15) is 9.78 Å². The van der Waals surface area contributed by atoms with E-state index in [0.717, 1.165) is 30.0 Å². The molecule has 8 heteroatoms. The van der Waals surface area contributed by atoms with Crippen LogP contribution in [0.1, 0.15) is 31.5 Å². The summed E-state index contributed by atoms with van der Waals surface area (Å²) >= 11 is 0. The van der Waals surface area contributed by atoms with Crippen LogP contribution in [0.3, 0.4) is 0 Å². The molecule has 1 unspecified atom stereocenters. The molecule has 3 aromatic rings. The van der Waals surface area contributed by atoms with E-state index in [0.29, 0.717) is 13.1 Å². The van der Waals surface area contributed by atoms with E-state index < -0.39 is 12.0 Å². The Kier molecular flexibility index (Phi) is 5.90. The highest BCUT2D eigenvalue weighted by molar-refractivity contribution is 5.75. The Labute approximate surface area is 180 Å². The van der Waals surface area contributed by atoms with Crippen LogP contribution in [0.25, 0.3) is 5.69 Å². The molecule has 0 bridgehead atoms. The maximum absolute atomic E-state index is 12.5. The Morgan fingerprint density at radius 1 is 0.935 bits per heavy atom. The van der Waals surface area contributed by atoms with E-state index in [2.05, 4.69) is 10.00 Å². The van der Waals surface area contributed by atoms with E-state index in [1.165, 1.54) is 4.68 Å². The maximum atomic E-state index is 12.5. The fourth-order valence-corrected chi connectivity index (χ4v) is 4.03. The van der Waals surface area contributed by atoms with E-state index in [-0.39, 0.29) is 11.7 Å². The molecule has 0 radical (unpaired) electrons. The number of carbonyl (C=O) groups is 1. The van der Waals surface area contributed by atoms with Crippen molar-refractivity contribution in [3.8, 4) is 5.69 Å². The fraction of sp³-hybridized carbons (Fsp3) is 0.348. The Hall–Kier alpha value is -3.39. The van der Waals surface area contributed by atoms with Gasteiger partial charge >= 0.3 is 11.7 Å². The van der Waals surface area contributed by atoms with Gasteiger partial charge in [0.2, 0.25) is 0 Å². The number of aromatic nitrogens is 3. The molecule has 1 aliphatic rings. The topological polar surface area (TPSA) is 83.6 Å². The zero-order chi connectivity index (χ0) is 22.0. The summed E-state index contributed by atoms with van der Waals surface area (Å²) < 4.78 is 3.00. The third kappa shape index (κ3) is 4.25. The zero-order valence-electron chi connectivity index (χ0n) is 17.8. The zero-order valence-corrected chi connectivity index (χ0v) is 17.8. The number of carboxylic acids is 1. The molecule has 0 spiro atoms. The molecule has 31 heavy (non-hydrogen) atoms. The molecule has 0 amide bonds. The smallest absolute Gasteiger partial charge is 0.350 e. The molecule has 2 aromatic carbocycles. The molecule has 0 aliphatic carbocycles. The number of carboxylic acid groups (broad SMARTS) is 1. The molecule has 1 N–H and O–H groups in total. The van der Waals surface area contributed by atoms with Crippen LogP contribution in [0, 0.1) is 0 Å². The van der Waals surface area contributed by atoms with Crippen LogP contribution in [-0.2, 0) is 4.79 Å². The van der Waals surface area contributed by atoms with Crippen molar-refractivity contribution in [3.05, 3.63) is 77.0 Å². The van der Waals surface area contributed by atoms with Gasteiger partial charge in [0.1, 0.15) is 12.4 Å². The summed E-state index contributed by atoms with van der Waals surface area (Å²) in [4.78, 5) is 28.6. The molecule has 1 aliphatic heterocycles. The van der Waals surface area contributed by atoms with Gasteiger partial charge in [-0.3, -0.25) is 14.3 Å². The lowest BCUT2D eigenvalue weighted by Gasteiger charge is -2.39. The maximum Gasteiger partial charge on any atom is 0.350 e. The number of rotatable bonds is 6. The Balaban J connectivity index is 1.44. The average Bonchev–Trinajstić information content (AvgIpc) is 3.17. The van der Waals surface area contributed by atoms with E-state index in [9.17, 15) is 14.7 Å². The minimum Gasteiger partial charge on any atom is -0.480 e. The van der Waals surface area contributed by atoms with E-state index >= 15 is 0 Å². The molecule has 1 saturated heterocycles. The van der Waals surface area contributed by atoms with Crippen molar-refractivity contribution < 1.29 is 9.90 Å². The number of hydrogen-bond acceptors (Lipinski definition) is 5. The predicted octanol–water partition coefficient (Wildman–Crippen LogP) is 2.56. The molecule has 1 fully saturated rings. The number of hydrogen-bond donors (Lipinski definition) is 1. The number of piperazine rings is 1. The Bertz CT molecular complexity index is 1080.